The molecule has 0 spiro atoms. The molecule has 0 aromatic carbocycles. The van der Waals surface area contributed by atoms with Gasteiger partial charge < -0.3 is 14.4 Å². The Morgan fingerprint density at radius 3 is 2.74 bits per heavy atom. The first-order valence-corrected chi connectivity index (χ1v) is 5.95. The second-order valence-corrected chi connectivity index (χ2v) is 4.30. The number of aliphatic hydroxyl groups excluding tert-OH is 1. The zero-order valence-electron chi connectivity index (χ0n) is 10.9. The van der Waals surface area contributed by atoms with Crippen molar-refractivity contribution in [2.75, 3.05) is 13.7 Å². The van der Waals surface area contributed by atoms with Crippen molar-refractivity contribution in [3.8, 4) is 5.82 Å². The summed E-state index contributed by atoms with van der Waals surface area (Å²) in [5.74, 6) is -0.384. The summed E-state index contributed by atoms with van der Waals surface area (Å²) in [6.45, 7) is 1.71. The van der Waals surface area contributed by atoms with E-state index in [1.807, 2.05) is 30.0 Å². The van der Waals surface area contributed by atoms with Gasteiger partial charge in [0, 0.05) is 18.6 Å². The SMILES string of the molecule is COC(=O)C(CO)c1ccc(-n2ccc(C)c2)nc1. The van der Waals surface area contributed by atoms with Crippen LogP contribution in [0.5, 0.6) is 0 Å². The number of pyridine rings is 1. The third-order valence-electron chi connectivity index (χ3n) is 2.95. The summed E-state index contributed by atoms with van der Waals surface area (Å²) in [7, 11) is 1.30. The first kappa shape index (κ1) is 13.3. The molecule has 1 N–H and O–H groups in total. The largest absolute Gasteiger partial charge is 0.468 e. The zero-order valence-corrected chi connectivity index (χ0v) is 10.9. The van der Waals surface area contributed by atoms with Crippen LogP contribution in [-0.2, 0) is 9.53 Å². The number of carbonyl (C=O) groups excluding carboxylic acids is 1. The number of esters is 1. The minimum atomic E-state index is -0.682. The number of aliphatic hydroxyl groups is 1. The molecule has 0 fully saturated rings. The molecule has 0 amide bonds. The molecule has 2 heterocycles. The fraction of sp³-hybridized carbons (Fsp3) is 0.286. The minimum Gasteiger partial charge on any atom is -0.468 e. The van der Waals surface area contributed by atoms with E-state index in [-0.39, 0.29) is 6.61 Å². The van der Waals surface area contributed by atoms with Crippen molar-refractivity contribution < 1.29 is 14.6 Å². The molecule has 0 saturated carbocycles. The monoisotopic (exact) mass is 260 g/mol. The van der Waals surface area contributed by atoms with Gasteiger partial charge in [-0.05, 0) is 30.2 Å². The molecular weight excluding hydrogens is 244 g/mol. The van der Waals surface area contributed by atoms with Gasteiger partial charge in [0.1, 0.15) is 11.7 Å². The van der Waals surface area contributed by atoms with Gasteiger partial charge in [0.15, 0.2) is 0 Å². The third kappa shape index (κ3) is 2.82. The highest BCUT2D eigenvalue weighted by Gasteiger charge is 2.20. The second-order valence-electron chi connectivity index (χ2n) is 4.30. The number of ether oxygens (including phenoxy) is 1. The molecule has 2 aromatic rings. The molecule has 1 atom stereocenters. The molecule has 0 aliphatic rings. The second kappa shape index (κ2) is 5.67. The first-order valence-electron chi connectivity index (χ1n) is 5.95. The van der Waals surface area contributed by atoms with Crippen molar-refractivity contribution in [2.24, 2.45) is 0 Å². The Bertz CT molecular complexity index is 560. The van der Waals surface area contributed by atoms with Crippen LogP contribution in [0.3, 0.4) is 0 Å². The number of carbonyl (C=O) groups is 1. The van der Waals surface area contributed by atoms with Crippen LogP contribution in [0.2, 0.25) is 0 Å². The Morgan fingerprint density at radius 2 is 2.26 bits per heavy atom. The lowest BCUT2D eigenvalue weighted by atomic mass is 10.0. The summed E-state index contributed by atoms with van der Waals surface area (Å²) in [6.07, 6.45) is 5.47. The Hall–Kier alpha value is -2.14. The molecule has 5 nitrogen and oxygen atoms in total. The smallest absolute Gasteiger partial charge is 0.315 e. The molecule has 0 radical (unpaired) electrons. The maximum atomic E-state index is 11.5. The van der Waals surface area contributed by atoms with E-state index in [2.05, 4.69) is 9.72 Å². The van der Waals surface area contributed by atoms with E-state index in [1.165, 1.54) is 7.11 Å². The van der Waals surface area contributed by atoms with Crippen molar-refractivity contribution in [1.82, 2.24) is 9.55 Å². The molecule has 0 bridgehead atoms. The van der Waals surface area contributed by atoms with Gasteiger partial charge in [-0.2, -0.15) is 0 Å². The third-order valence-corrected chi connectivity index (χ3v) is 2.95. The summed E-state index contributed by atoms with van der Waals surface area (Å²) in [4.78, 5) is 15.8. The van der Waals surface area contributed by atoms with Crippen LogP contribution in [0, 0.1) is 6.92 Å². The van der Waals surface area contributed by atoms with E-state index < -0.39 is 11.9 Å². The highest BCUT2D eigenvalue weighted by atomic mass is 16.5. The van der Waals surface area contributed by atoms with E-state index in [0.717, 1.165) is 11.4 Å². The van der Waals surface area contributed by atoms with Gasteiger partial charge in [-0.15, -0.1) is 0 Å². The van der Waals surface area contributed by atoms with Crippen molar-refractivity contribution in [1.29, 1.82) is 0 Å². The van der Waals surface area contributed by atoms with Crippen LogP contribution >= 0.6 is 0 Å². The Morgan fingerprint density at radius 1 is 1.47 bits per heavy atom. The molecule has 0 saturated heterocycles. The maximum Gasteiger partial charge on any atom is 0.315 e. The number of aromatic nitrogens is 2. The van der Waals surface area contributed by atoms with Crippen LogP contribution in [0.1, 0.15) is 17.0 Å². The van der Waals surface area contributed by atoms with Crippen LogP contribution in [0.4, 0.5) is 0 Å². The number of aryl methyl sites for hydroxylation is 1. The van der Waals surface area contributed by atoms with E-state index in [1.54, 1.807) is 18.3 Å². The number of hydrogen-bond donors (Lipinski definition) is 1. The molecule has 19 heavy (non-hydrogen) atoms. The van der Waals surface area contributed by atoms with Gasteiger partial charge in [0.25, 0.3) is 0 Å². The molecule has 100 valence electrons. The normalized spacial score (nSPS) is 12.2. The lowest BCUT2D eigenvalue weighted by molar-refractivity contribution is -0.143. The number of methoxy groups -OCH3 is 1. The van der Waals surface area contributed by atoms with Crippen molar-refractivity contribution >= 4 is 5.97 Å². The topological polar surface area (TPSA) is 64.3 Å². The summed E-state index contributed by atoms with van der Waals surface area (Å²) in [5.41, 5.74) is 1.79. The Kier molecular flexibility index (Phi) is 3.97. The lowest BCUT2D eigenvalue weighted by Gasteiger charge is -2.12. The maximum absolute atomic E-state index is 11.5. The molecule has 0 aliphatic carbocycles. The number of hydrogen-bond acceptors (Lipinski definition) is 4. The Balaban J connectivity index is 2.25. The molecule has 0 aliphatic heterocycles. The lowest BCUT2D eigenvalue weighted by Crippen LogP contribution is -2.18. The zero-order chi connectivity index (χ0) is 13.8. The standard InChI is InChI=1S/C14H16N2O3/c1-10-5-6-16(8-10)13-4-3-11(7-15-13)12(9-17)14(18)19-2/h3-8,12,17H,9H2,1-2H3. The average Bonchev–Trinajstić information content (AvgIpc) is 2.87. The van der Waals surface area contributed by atoms with Gasteiger partial charge in [-0.25, -0.2) is 4.98 Å². The molecular formula is C14H16N2O3. The van der Waals surface area contributed by atoms with Crippen LogP contribution in [0.15, 0.2) is 36.8 Å². The van der Waals surface area contributed by atoms with Crippen LogP contribution in [0.25, 0.3) is 5.82 Å². The van der Waals surface area contributed by atoms with E-state index in [4.69, 9.17) is 0 Å². The van der Waals surface area contributed by atoms with Crippen molar-refractivity contribution in [3.63, 3.8) is 0 Å². The number of rotatable bonds is 4. The molecule has 2 aromatic heterocycles. The highest BCUT2D eigenvalue weighted by Crippen LogP contribution is 2.17. The van der Waals surface area contributed by atoms with Gasteiger partial charge in [0.2, 0.25) is 0 Å². The van der Waals surface area contributed by atoms with Crippen molar-refractivity contribution in [2.45, 2.75) is 12.8 Å². The summed E-state index contributed by atoms with van der Waals surface area (Å²) >= 11 is 0. The van der Waals surface area contributed by atoms with Gasteiger partial charge >= 0.3 is 5.97 Å². The first-order chi connectivity index (χ1) is 9.15. The van der Waals surface area contributed by atoms with Crippen molar-refractivity contribution in [3.05, 3.63) is 47.9 Å². The molecule has 1 unspecified atom stereocenters. The van der Waals surface area contributed by atoms with Crippen LogP contribution in [-0.4, -0.2) is 34.3 Å². The predicted octanol–water partition coefficient (Wildman–Crippen LogP) is 1.43. The van der Waals surface area contributed by atoms with Gasteiger partial charge in [-0.1, -0.05) is 6.07 Å². The molecule has 5 heteroatoms. The van der Waals surface area contributed by atoms with E-state index in [9.17, 15) is 9.90 Å². The summed E-state index contributed by atoms with van der Waals surface area (Å²) < 4.78 is 6.54. The Labute approximate surface area is 111 Å². The number of nitrogens with zero attached hydrogens (tertiary/aromatic N) is 2. The minimum absolute atomic E-state index is 0.295. The van der Waals surface area contributed by atoms with Gasteiger partial charge in [-0.3, -0.25) is 4.79 Å². The quantitative estimate of drug-likeness (QED) is 0.845. The molecule has 2 rings (SSSR count). The average molecular weight is 260 g/mol. The summed E-state index contributed by atoms with van der Waals surface area (Å²) in [5, 5.41) is 9.24. The van der Waals surface area contributed by atoms with E-state index in [0.29, 0.717) is 5.56 Å². The van der Waals surface area contributed by atoms with Crippen LogP contribution < -0.4 is 0 Å². The fourth-order valence-corrected chi connectivity index (χ4v) is 1.86. The van der Waals surface area contributed by atoms with E-state index >= 15 is 0 Å². The summed E-state index contributed by atoms with van der Waals surface area (Å²) in [6, 6.07) is 5.57. The predicted molar refractivity (Wildman–Crippen MR) is 70.1 cm³/mol. The fourth-order valence-electron chi connectivity index (χ4n) is 1.86. The highest BCUT2D eigenvalue weighted by molar-refractivity contribution is 5.78. The van der Waals surface area contributed by atoms with Gasteiger partial charge in [0.05, 0.1) is 13.7 Å².